The highest BCUT2D eigenvalue weighted by atomic mass is 35.5. The van der Waals surface area contributed by atoms with Gasteiger partial charge in [0.15, 0.2) is 0 Å². The summed E-state index contributed by atoms with van der Waals surface area (Å²) in [5.41, 5.74) is 3.15. The van der Waals surface area contributed by atoms with Crippen LogP contribution in [0.3, 0.4) is 0 Å². The zero-order valence-corrected chi connectivity index (χ0v) is 19.3. The zero-order chi connectivity index (χ0) is 22.0. The molecule has 1 fully saturated rings. The van der Waals surface area contributed by atoms with Gasteiger partial charge in [0.2, 0.25) is 11.8 Å². The Hall–Kier alpha value is -2.67. The van der Waals surface area contributed by atoms with Gasteiger partial charge in [-0.05, 0) is 36.6 Å². The Morgan fingerprint density at radius 2 is 1.81 bits per heavy atom. The molecule has 0 atom stereocenters. The topological polar surface area (TPSA) is 80.0 Å². The molecule has 0 unspecified atom stereocenters. The molecule has 1 aliphatic rings. The summed E-state index contributed by atoms with van der Waals surface area (Å²) in [6.07, 6.45) is 2.65. The third-order valence-corrected chi connectivity index (χ3v) is 5.71. The average Bonchev–Trinajstić information content (AvgIpc) is 3.16. The first-order chi connectivity index (χ1) is 14.8. The Morgan fingerprint density at radius 3 is 2.42 bits per heavy atom. The molecule has 3 heterocycles. The van der Waals surface area contributed by atoms with Crippen LogP contribution in [0.5, 0.6) is 0 Å². The minimum absolute atomic E-state index is 0.0622. The summed E-state index contributed by atoms with van der Waals surface area (Å²) in [6.45, 7) is 10.1. The van der Waals surface area contributed by atoms with Crippen molar-refractivity contribution >= 4 is 23.6 Å². The summed E-state index contributed by atoms with van der Waals surface area (Å²) in [5, 5.41) is 12.4. The van der Waals surface area contributed by atoms with Crippen LogP contribution in [0.15, 0.2) is 34.7 Å². The number of aryl methyl sites for hydroxylation is 1. The first kappa shape index (κ1) is 21.6. The largest absolute Gasteiger partial charge is 0.408 e. The number of piperidine rings is 1. The number of hydrogen-bond acceptors (Lipinski definition) is 7. The van der Waals surface area contributed by atoms with Crippen molar-refractivity contribution in [3.63, 3.8) is 0 Å². The smallest absolute Gasteiger partial charge is 0.318 e. The Bertz CT molecular complexity index is 1020. The van der Waals surface area contributed by atoms with Crippen molar-refractivity contribution in [1.29, 1.82) is 0 Å². The molecule has 1 aromatic carbocycles. The second-order valence-electron chi connectivity index (χ2n) is 9.13. The van der Waals surface area contributed by atoms with E-state index in [1.807, 2.05) is 31.2 Å². The van der Waals surface area contributed by atoms with E-state index in [-0.39, 0.29) is 5.41 Å². The molecule has 0 amide bonds. The van der Waals surface area contributed by atoms with Gasteiger partial charge in [-0.25, -0.2) is 9.97 Å². The third kappa shape index (κ3) is 5.53. The van der Waals surface area contributed by atoms with E-state index in [9.17, 15) is 0 Å². The van der Waals surface area contributed by atoms with Gasteiger partial charge >= 0.3 is 6.01 Å². The van der Waals surface area contributed by atoms with E-state index in [0.29, 0.717) is 23.9 Å². The number of hydrogen-bond donors (Lipinski definition) is 1. The summed E-state index contributed by atoms with van der Waals surface area (Å²) in [6, 6.07) is 10.9. The van der Waals surface area contributed by atoms with Gasteiger partial charge in [0.25, 0.3) is 0 Å². The quantitative estimate of drug-likeness (QED) is 0.610. The second-order valence-corrected chi connectivity index (χ2v) is 9.57. The molecule has 7 nitrogen and oxygen atoms in total. The predicted octanol–water partition coefficient (Wildman–Crippen LogP) is 4.79. The minimum atomic E-state index is -0.0622. The lowest BCUT2D eigenvalue weighted by atomic mass is 9.91. The van der Waals surface area contributed by atoms with Gasteiger partial charge in [-0.2, -0.15) is 0 Å². The van der Waals surface area contributed by atoms with Gasteiger partial charge in [-0.15, -0.1) is 5.10 Å². The fraction of sp³-hybridized carbons (Fsp3) is 0.478. The molecule has 31 heavy (non-hydrogen) atoms. The van der Waals surface area contributed by atoms with Gasteiger partial charge < -0.3 is 14.6 Å². The SMILES string of the molecule is Cc1nnc(N2CCC(Nc3nc(Cc4ccc(Cl)cc4)cc(C(C)(C)C)n3)CC2)o1. The molecule has 0 saturated carbocycles. The van der Waals surface area contributed by atoms with Crippen molar-refractivity contribution in [2.24, 2.45) is 0 Å². The van der Waals surface area contributed by atoms with Crippen molar-refractivity contribution < 1.29 is 4.42 Å². The number of anilines is 2. The highest BCUT2D eigenvalue weighted by Gasteiger charge is 2.24. The monoisotopic (exact) mass is 440 g/mol. The molecule has 1 saturated heterocycles. The van der Waals surface area contributed by atoms with E-state index >= 15 is 0 Å². The zero-order valence-electron chi connectivity index (χ0n) is 18.5. The molecule has 1 N–H and O–H groups in total. The maximum Gasteiger partial charge on any atom is 0.318 e. The molecular formula is C23H29ClN6O. The lowest BCUT2D eigenvalue weighted by Gasteiger charge is -2.31. The van der Waals surface area contributed by atoms with E-state index < -0.39 is 0 Å². The number of rotatable bonds is 5. The Kier molecular flexibility index (Phi) is 6.14. The summed E-state index contributed by atoms with van der Waals surface area (Å²) >= 11 is 6.03. The van der Waals surface area contributed by atoms with Crippen molar-refractivity contribution in [3.8, 4) is 0 Å². The van der Waals surface area contributed by atoms with Gasteiger partial charge in [0, 0.05) is 42.9 Å². The number of benzene rings is 1. The molecule has 1 aliphatic heterocycles. The molecular weight excluding hydrogens is 412 g/mol. The minimum Gasteiger partial charge on any atom is -0.408 e. The lowest BCUT2D eigenvalue weighted by molar-refractivity contribution is 0.457. The highest BCUT2D eigenvalue weighted by Crippen LogP contribution is 2.25. The number of nitrogens with one attached hydrogen (secondary N) is 1. The Morgan fingerprint density at radius 1 is 1.10 bits per heavy atom. The summed E-state index contributed by atoms with van der Waals surface area (Å²) in [4.78, 5) is 11.8. The molecule has 4 rings (SSSR count). The van der Waals surface area contributed by atoms with Crippen LogP contribution in [-0.4, -0.2) is 39.3 Å². The molecule has 0 aliphatic carbocycles. The van der Waals surface area contributed by atoms with Crippen LogP contribution >= 0.6 is 11.6 Å². The van der Waals surface area contributed by atoms with Gasteiger partial charge in [-0.1, -0.05) is 49.6 Å². The molecule has 0 spiro atoms. The second kappa shape index (κ2) is 8.83. The molecule has 8 heteroatoms. The van der Waals surface area contributed by atoms with Crippen LogP contribution in [0.25, 0.3) is 0 Å². The maximum absolute atomic E-state index is 6.03. The van der Waals surface area contributed by atoms with E-state index in [1.165, 1.54) is 5.56 Å². The van der Waals surface area contributed by atoms with Crippen LogP contribution in [0.2, 0.25) is 5.02 Å². The predicted molar refractivity (Wildman–Crippen MR) is 123 cm³/mol. The average molecular weight is 441 g/mol. The molecule has 164 valence electrons. The maximum atomic E-state index is 6.03. The Balaban J connectivity index is 1.47. The summed E-state index contributed by atoms with van der Waals surface area (Å²) < 4.78 is 5.56. The number of aromatic nitrogens is 4. The van der Waals surface area contributed by atoms with Crippen LogP contribution < -0.4 is 10.2 Å². The van der Waals surface area contributed by atoms with E-state index in [1.54, 1.807) is 0 Å². The van der Waals surface area contributed by atoms with Crippen molar-refractivity contribution in [2.75, 3.05) is 23.3 Å². The van der Waals surface area contributed by atoms with Gasteiger partial charge in [0.1, 0.15) is 0 Å². The molecule has 0 radical (unpaired) electrons. The summed E-state index contributed by atoms with van der Waals surface area (Å²) in [7, 11) is 0. The van der Waals surface area contributed by atoms with Gasteiger partial charge in [-0.3, -0.25) is 0 Å². The normalized spacial score (nSPS) is 15.3. The first-order valence-electron chi connectivity index (χ1n) is 10.7. The standard InChI is InChI=1S/C23H29ClN6O/c1-15-28-29-22(31-15)30-11-9-18(10-12-30)25-21-26-19(14-20(27-21)23(2,3)4)13-16-5-7-17(24)8-6-16/h5-8,14,18H,9-13H2,1-4H3,(H,25,26,27). The molecule has 2 aromatic heterocycles. The van der Waals surface area contributed by atoms with E-state index in [0.717, 1.165) is 48.8 Å². The van der Waals surface area contributed by atoms with Crippen molar-refractivity contribution in [2.45, 2.75) is 58.4 Å². The van der Waals surface area contributed by atoms with E-state index in [4.69, 9.17) is 26.0 Å². The fourth-order valence-electron chi connectivity index (χ4n) is 3.66. The van der Waals surface area contributed by atoms with Crippen molar-refractivity contribution in [1.82, 2.24) is 20.2 Å². The van der Waals surface area contributed by atoms with Crippen molar-refractivity contribution in [3.05, 3.63) is 58.2 Å². The lowest BCUT2D eigenvalue weighted by Crippen LogP contribution is -2.39. The number of nitrogens with zero attached hydrogens (tertiary/aromatic N) is 5. The van der Waals surface area contributed by atoms with Crippen LogP contribution in [0, 0.1) is 6.92 Å². The first-order valence-corrected chi connectivity index (χ1v) is 11.1. The van der Waals surface area contributed by atoms with Crippen LogP contribution in [0.4, 0.5) is 12.0 Å². The van der Waals surface area contributed by atoms with E-state index in [2.05, 4.69) is 47.3 Å². The Labute approximate surface area is 188 Å². The fourth-order valence-corrected chi connectivity index (χ4v) is 3.79. The van der Waals surface area contributed by atoms with Crippen LogP contribution in [0.1, 0.15) is 56.5 Å². The highest BCUT2D eigenvalue weighted by molar-refractivity contribution is 6.30. The summed E-state index contributed by atoms with van der Waals surface area (Å²) in [5.74, 6) is 1.29. The third-order valence-electron chi connectivity index (χ3n) is 5.46. The molecule has 3 aromatic rings. The number of halogens is 1. The molecule has 0 bridgehead atoms. The van der Waals surface area contributed by atoms with Gasteiger partial charge in [0.05, 0.1) is 11.4 Å². The van der Waals surface area contributed by atoms with Crippen LogP contribution in [-0.2, 0) is 11.8 Å².